The fourth-order valence-corrected chi connectivity index (χ4v) is 2.85. The van der Waals surface area contributed by atoms with Crippen LogP contribution in [-0.4, -0.2) is 22.9 Å². The van der Waals surface area contributed by atoms with Crippen LogP contribution in [-0.2, 0) is 0 Å². The van der Waals surface area contributed by atoms with E-state index in [4.69, 9.17) is 11.5 Å². The van der Waals surface area contributed by atoms with Crippen LogP contribution in [0.3, 0.4) is 0 Å². The van der Waals surface area contributed by atoms with Gasteiger partial charge in [-0.25, -0.2) is 0 Å². The van der Waals surface area contributed by atoms with Gasteiger partial charge in [-0.15, -0.1) is 0 Å². The monoisotopic (exact) mass is 261 g/mol. The lowest BCUT2D eigenvalue weighted by molar-refractivity contribution is 0.0511. The Hall–Kier alpha value is -1.71. The van der Waals surface area contributed by atoms with Gasteiger partial charge in [-0.1, -0.05) is 0 Å². The molecule has 0 radical (unpaired) electrons. The molecule has 0 saturated carbocycles. The SMILES string of the molecule is Cc1c(N)cc(C(=O)N2C(C)CCCC2C)cc1N. The predicted octanol–water partition coefficient (Wildman–Crippen LogP) is 2.56. The normalized spacial score (nSPS) is 23.4. The number of nitrogen functional groups attached to an aromatic ring is 2. The van der Waals surface area contributed by atoms with Crippen molar-refractivity contribution in [3.05, 3.63) is 23.3 Å². The van der Waals surface area contributed by atoms with Gasteiger partial charge in [0.15, 0.2) is 0 Å². The number of hydrogen-bond acceptors (Lipinski definition) is 3. The molecule has 1 saturated heterocycles. The summed E-state index contributed by atoms with van der Waals surface area (Å²) >= 11 is 0. The largest absolute Gasteiger partial charge is 0.398 e. The summed E-state index contributed by atoms with van der Waals surface area (Å²) in [6, 6.07) is 4.03. The molecular weight excluding hydrogens is 238 g/mol. The summed E-state index contributed by atoms with van der Waals surface area (Å²) in [5, 5.41) is 0. The maximum absolute atomic E-state index is 12.7. The molecule has 0 aromatic heterocycles. The molecule has 1 aromatic rings. The summed E-state index contributed by atoms with van der Waals surface area (Å²) in [6.07, 6.45) is 3.31. The molecule has 4 N–H and O–H groups in total. The van der Waals surface area contributed by atoms with Crippen molar-refractivity contribution < 1.29 is 4.79 Å². The Labute approximate surface area is 114 Å². The highest BCUT2D eigenvalue weighted by Crippen LogP contribution is 2.27. The smallest absolute Gasteiger partial charge is 0.254 e. The lowest BCUT2D eigenvalue weighted by Gasteiger charge is -2.39. The highest BCUT2D eigenvalue weighted by molar-refractivity contribution is 5.97. The third-order valence-corrected chi connectivity index (χ3v) is 4.16. The Balaban J connectivity index is 2.33. The molecule has 1 heterocycles. The summed E-state index contributed by atoms with van der Waals surface area (Å²) in [4.78, 5) is 14.6. The van der Waals surface area contributed by atoms with E-state index in [1.165, 1.54) is 6.42 Å². The van der Waals surface area contributed by atoms with Gasteiger partial charge in [0.05, 0.1) is 0 Å². The lowest BCUT2D eigenvalue weighted by Crippen LogP contribution is -2.47. The molecule has 1 aliphatic heterocycles. The first-order valence-corrected chi connectivity index (χ1v) is 6.90. The number of nitrogens with two attached hydrogens (primary N) is 2. The Bertz CT molecular complexity index is 465. The zero-order chi connectivity index (χ0) is 14.2. The molecule has 1 amide bonds. The Morgan fingerprint density at radius 3 is 2.11 bits per heavy atom. The van der Waals surface area contributed by atoms with E-state index in [1.54, 1.807) is 12.1 Å². The number of carbonyl (C=O) groups excluding carboxylic acids is 1. The van der Waals surface area contributed by atoms with Gasteiger partial charge >= 0.3 is 0 Å². The van der Waals surface area contributed by atoms with Gasteiger partial charge in [0.25, 0.3) is 5.91 Å². The molecule has 4 nitrogen and oxygen atoms in total. The van der Waals surface area contributed by atoms with E-state index in [2.05, 4.69) is 13.8 Å². The van der Waals surface area contributed by atoms with Crippen LogP contribution in [0.15, 0.2) is 12.1 Å². The first kappa shape index (κ1) is 13.7. The van der Waals surface area contributed by atoms with Gasteiger partial charge in [-0.05, 0) is 57.7 Å². The average Bonchev–Trinajstić information content (AvgIpc) is 2.35. The van der Waals surface area contributed by atoms with Crippen LogP contribution in [0.1, 0.15) is 49.0 Å². The van der Waals surface area contributed by atoms with Crippen molar-refractivity contribution in [2.75, 3.05) is 11.5 Å². The van der Waals surface area contributed by atoms with Crippen LogP contribution < -0.4 is 11.5 Å². The third-order valence-electron chi connectivity index (χ3n) is 4.16. The van der Waals surface area contributed by atoms with Crippen LogP contribution in [0.25, 0.3) is 0 Å². The maximum atomic E-state index is 12.7. The molecule has 104 valence electrons. The minimum absolute atomic E-state index is 0.0399. The Morgan fingerprint density at radius 1 is 1.16 bits per heavy atom. The molecule has 0 spiro atoms. The first-order chi connectivity index (χ1) is 8.91. The van der Waals surface area contributed by atoms with Gasteiger partial charge in [0.2, 0.25) is 0 Å². The predicted molar refractivity (Wildman–Crippen MR) is 78.9 cm³/mol. The summed E-state index contributed by atoms with van der Waals surface area (Å²) < 4.78 is 0. The minimum atomic E-state index is 0.0399. The van der Waals surface area contributed by atoms with Crippen LogP contribution in [0, 0.1) is 6.92 Å². The van der Waals surface area contributed by atoms with E-state index in [0.717, 1.165) is 18.4 Å². The number of carbonyl (C=O) groups is 1. The summed E-state index contributed by atoms with van der Waals surface area (Å²) in [6.45, 7) is 6.08. The molecular formula is C15H23N3O. The van der Waals surface area contributed by atoms with E-state index in [0.29, 0.717) is 16.9 Å². The molecule has 2 atom stereocenters. The second kappa shape index (κ2) is 5.11. The fourth-order valence-electron chi connectivity index (χ4n) is 2.85. The van der Waals surface area contributed by atoms with Crippen LogP contribution in [0.2, 0.25) is 0 Å². The minimum Gasteiger partial charge on any atom is -0.398 e. The highest BCUT2D eigenvalue weighted by atomic mass is 16.2. The average molecular weight is 261 g/mol. The van der Waals surface area contributed by atoms with Gasteiger partial charge in [-0.3, -0.25) is 4.79 Å². The number of piperidine rings is 1. The molecule has 1 fully saturated rings. The van der Waals surface area contributed by atoms with E-state index in [1.807, 2.05) is 11.8 Å². The third kappa shape index (κ3) is 2.53. The van der Waals surface area contributed by atoms with E-state index >= 15 is 0 Å². The molecule has 0 aliphatic carbocycles. The van der Waals surface area contributed by atoms with Crippen LogP contribution in [0.4, 0.5) is 11.4 Å². The van der Waals surface area contributed by atoms with Crippen molar-refractivity contribution in [2.24, 2.45) is 0 Å². The van der Waals surface area contributed by atoms with Gasteiger partial charge in [-0.2, -0.15) is 0 Å². The first-order valence-electron chi connectivity index (χ1n) is 6.90. The van der Waals surface area contributed by atoms with Crippen molar-refractivity contribution in [3.8, 4) is 0 Å². The molecule has 1 aromatic carbocycles. The van der Waals surface area contributed by atoms with Crippen molar-refractivity contribution in [1.82, 2.24) is 4.90 Å². The Kier molecular flexibility index (Phi) is 3.69. The van der Waals surface area contributed by atoms with Crippen molar-refractivity contribution in [3.63, 3.8) is 0 Å². The lowest BCUT2D eigenvalue weighted by atomic mass is 9.96. The molecule has 0 bridgehead atoms. The van der Waals surface area contributed by atoms with Gasteiger partial charge < -0.3 is 16.4 Å². The van der Waals surface area contributed by atoms with Gasteiger partial charge in [0, 0.05) is 29.0 Å². The number of benzene rings is 1. The summed E-state index contributed by atoms with van der Waals surface area (Å²) in [7, 11) is 0. The van der Waals surface area contributed by atoms with Crippen molar-refractivity contribution in [1.29, 1.82) is 0 Å². The second-order valence-electron chi connectivity index (χ2n) is 5.62. The van der Waals surface area contributed by atoms with E-state index in [-0.39, 0.29) is 18.0 Å². The highest BCUT2D eigenvalue weighted by Gasteiger charge is 2.29. The quantitative estimate of drug-likeness (QED) is 0.763. The fraction of sp³-hybridized carbons (Fsp3) is 0.533. The molecule has 19 heavy (non-hydrogen) atoms. The summed E-state index contributed by atoms with van der Waals surface area (Å²) in [5.41, 5.74) is 14.4. The topological polar surface area (TPSA) is 72.4 Å². The number of amides is 1. The van der Waals surface area contributed by atoms with E-state index < -0.39 is 0 Å². The summed E-state index contributed by atoms with van der Waals surface area (Å²) in [5.74, 6) is 0.0399. The zero-order valence-corrected chi connectivity index (χ0v) is 11.9. The molecule has 4 heteroatoms. The zero-order valence-electron chi connectivity index (χ0n) is 11.9. The molecule has 2 unspecified atom stereocenters. The van der Waals surface area contributed by atoms with Crippen molar-refractivity contribution in [2.45, 2.75) is 52.1 Å². The number of rotatable bonds is 1. The second-order valence-corrected chi connectivity index (χ2v) is 5.62. The molecule has 1 aliphatic rings. The number of likely N-dealkylation sites (tertiary alicyclic amines) is 1. The molecule has 2 rings (SSSR count). The number of anilines is 2. The van der Waals surface area contributed by atoms with Crippen LogP contribution in [0.5, 0.6) is 0 Å². The maximum Gasteiger partial charge on any atom is 0.254 e. The van der Waals surface area contributed by atoms with E-state index in [9.17, 15) is 4.79 Å². The standard InChI is InChI=1S/C15H23N3O/c1-9-5-4-6-10(2)18(9)15(19)12-7-13(16)11(3)14(17)8-12/h7-10H,4-6,16-17H2,1-3H3. The van der Waals surface area contributed by atoms with Crippen LogP contribution >= 0.6 is 0 Å². The van der Waals surface area contributed by atoms with Crippen molar-refractivity contribution >= 4 is 17.3 Å². The van der Waals surface area contributed by atoms with Gasteiger partial charge in [0.1, 0.15) is 0 Å². The Morgan fingerprint density at radius 2 is 1.63 bits per heavy atom. The number of hydrogen-bond donors (Lipinski definition) is 2. The number of nitrogens with zero attached hydrogens (tertiary/aromatic N) is 1.